The molecule has 176 valence electrons. The van der Waals surface area contributed by atoms with Gasteiger partial charge >= 0.3 is 5.97 Å². The molecule has 4 aromatic rings. The van der Waals surface area contributed by atoms with Gasteiger partial charge in [0.2, 0.25) is 0 Å². The van der Waals surface area contributed by atoms with Crippen molar-refractivity contribution in [3.8, 4) is 17.2 Å². The number of ether oxygens (including phenoxy) is 3. The Labute approximate surface area is 202 Å². The molecule has 0 spiro atoms. The molecule has 1 N–H and O–H groups in total. The summed E-state index contributed by atoms with van der Waals surface area (Å²) in [5, 5.41) is 5.84. The molecule has 0 saturated heterocycles. The fourth-order valence-electron chi connectivity index (χ4n) is 3.45. The maximum absolute atomic E-state index is 12.7. The summed E-state index contributed by atoms with van der Waals surface area (Å²) in [4.78, 5) is 24.9. The van der Waals surface area contributed by atoms with Gasteiger partial charge in [-0.3, -0.25) is 4.79 Å². The van der Waals surface area contributed by atoms with E-state index in [0.29, 0.717) is 28.4 Å². The van der Waals surface area contributed by atoms with E-state index in [1.165, 1.54) is 6.21 Å². The minimum Gasteiger partial charge on any atom is -0.497 e. The van der Waals surface area contributed by atoms with Crippen molar-refractivity contribution in [3.63, 3.8) is 0 Å². The number of carbonyl (C=O) groups excluding carboxylic acids is 2. The second-order valence-electron chi connectivity index (χ2n) is 7.71. The van der Waals surface area contributed by atoms with E-state index in [0.717, 1.165) is 16.3 Å². The summed E-state index contributed by atoms with van der Waals surface area (Å²) in [6.45, 7) is 1.69. The Morgan fingerprint density at radius 2 is 1.69 bits per heavy atom. The van der Waals surface area contributed by atoms with Crippen molar-refractivity contribution in [1.29, 1.82) is 0 Å². The van der Waals surface area contributed by atoms with Crippen LogP contribution in [0, 0.1) is 6.92 Å². The monoisotopic (exact) mass is 468 g/mol. The lowest BCUT2D eigenvalue weighted by Crippen LogP contribution is -2.24. The third-order valence-electron chi connectivity index (χ3n) is 5.20. The van der Waals surface area contributed by atoms with Gasteiger partial charge in [-0.05, 0) is 60.2 Å². The van der Waals surface area contributed by atoms with Crippen LogP contribution in [0.2, 0.25) is 0 Å². The number of carbonyl (C=O) groups is 2. The second kappa shape index (κ2) is 11.0. The number of amides is 1. The first-order chi connectivity index (χ1) is 17.0. The predicted octanol–water partition coefficient (Wildman–Crippen LogP) is 4.91. The van der Waals surface area contributed by atoms with E-state index >= 15 is 0 Å². The van der Waals surface area contributed by atoms with Gasteiger partial charge in [0.15, 0.2) is 6.61 Å². The lowest BCUT2D eigenvalue weighted by atomic mass is 10.0. The van der Waals surface area contributed by atoms with Gasteiger partial charge in [0.1, 0.15) is 17.2 Å². The Kier molecular flexibility index (Phi) is 7.37. The van der Waals surface area contributed by atoms with Crippen LogP contribution in [0.15, 0.2) is 90.0 Å². The quantitative estimate of drug-likeness (QED) is 0.172. The average molecular weight is 469 g/mol. The highest BCUT2D eigenvalue weighted by Crippen LogP contribution is 2.27. The number of aryl methyl sites for hydroxylation is 1. The van der Waals surface area contributed by atoms with Crippen LogP contribution < -0.4 is 19.6 Å². The summed E-state index contributed by atoms with van der Waals surface area (Å²) in [6.07, 6.45) is 1.46. The third kappa shape index (κ3) is 6.03. The maximum atomic E-state index is 12.7. The first kappa shape index (κ1) is 23.5. The van der Waals surface area contributed by atoms with Crippen molar-refractivity contribution in [2.24, 2.45) is 5.10 Å². The molecule has 0 bridgehead atoms. The number of fused-ring (bicyclic) bond motifs is 1. The molecule has 0 radical (unpaired) electrons. The number of nitrogens with zero attached hydrogens (tertiary/aromatic N) is 1. The van der Waals surface area contributed by atoms with Crippen LogP contribution in [0.1, 0.15) is 21.5 Å². The van der Waals surface area contributed by atoms with Gasteiger partial charge in [-0.2, -0.15) is 5.10 Å². The zero-order chi connectivity index (χ0) is 24.6. The molecule has 0 unspecified atom stereocenters. The second-order valence-corrected chi connectivity index (χ2v) is 7.71. The molecule has 0 atom stereocenters. The number of methoxy groups -OCH3 is 1. The number of hydrogen-bond acceptors (Lipinski definition) is 6. The van der Waals surface area contributed by atoms with Crippen LogP contribution in [0.25, 0.3) is 10.8 Å². The zero-order valence-electron chi connectivity index (χ0n) is 19.4. The number of benzene rings is 4. The maximum Gasteiger partial charge on any atom is 0.343 e. The largest absolute Gasteiger partial charge is 0.497 e. The van der Waals surface area contributed by atoms with Gasteiger partial charge in [-0.15, -0.1) is 0 Å². The van der Waals surface area contributed by atoms with E-state index in [2.05, 4.69) is 10.5 Å². The highest BCUT2D eigenvalue weighted by molar-refractivity contribution is 6.04. The van der Waals surface area contributed by atoms with E-state index in [1.54, 1.807) is 55.6 Å². The number of rotatable bonds is 8. The molecule has 0 fully saturated rings. The predicted molar refractivity (Wildman–Crippen MR) is 134 cm³/mol. The highest BCUT2D eigenvalue weighted by Gasteiger charge is 2.14. The molecule has 0 aliphatic carbocycles. The fourth-order valence-corrected chi connectivity index (χ4v) is 3.45. The molecule has 7 nitrogen and oxygen atoms in total. The van der Waals surface area contributed by atoms with Crippen molar-refractivity contribution >= 4 is 28.9 Å². The smallest absolute Gasteiger partial charge is 0.343 e. The normalized spacial score (nSPS) is 10.8. The van der Waals surface area contributed by atoms with Gasteiger partial charge in [-0.1, -0.05) is 48.0 Å². The molecule has 0 aromatic heterocycles. The van der Waals surface area contributed by atoms with E-state index in [4.69, 9.17) is 14.2 Å². The van der Waals surface area contributed by atoms with Gasteiger partial charge in [0, 0.05) is 5.56 Å². The van der Waals surface area contributed by atoms with E-state index in [-0.39, 0.29) is 6.61 Å². The molecule has 1 amide bonds. The summed E-state index contributed by atoms with van der Waals surface area (Å²) in [6, 6.07) is 25.3. The Morgan fingerprint density at radius 3 is 2.46 bits per heavy atom. The average Bonchev–Trinajstić information content (AvgIpc) is 2.88. The number of hydrogen-bond donors (Lipinski definition) is 1. The van der Waals surface area contributed by atoms with E-state index < -0.39 is 11.9 Å². The van der Waals surface area contributed by atoms with Crippen LogP contribution in [-0.4, -0.2) is 31.8 Å². The molecular weight excluding hydrogens is 444 g/mol. The van der Waals surface area contributed by atoms with Crippen molar-refractivity contribution in [2.75, 3.05) is 13.7 Å². The fraction of sp³-hybridized carbons (Fsp3) is 0.107. The molecule has 0 saturated carbocycles. The Morgan fingerprint density at radius 1 is 0.914 bits per heavy atom. The summed E-state index contributed by atoms with van der Waals surface area (Å²) in [5.41, 5.74) is 4.43. The molecule has 7 heteroatoms. The van der Waals surface area contributed by atoms with Crippen molar-refractivity contribution < 1.29 is 23.8 Å². The van der Waals surface area contributed by atoms with Crippen LogP contribution in [0.5, 0.6) is 17.2 Å². The first-order valence-electron chi connectivity index (χ1n) is 10.9. The molecule has 0 aliphatic heterocycles. The van der Waals surface area contributed by atoms with Crippen LogP contribution in [0.3, 0.4) is 0 Å². The topological polar surface area (TPSA) is 86.2 Å². The Bertz CT molecular complexity index is 1380. The summed E-state index contributed by atoms with van der Waals surface area (Å²) >= 11 is 0. The minimum absolute atomic E-state index is 0.214. The first-order valence-corrected chi connectivity index (χ1v) is 10.9. The van der Waals surface area contributed by atoms with Gasteiger partial charge in [-0.25, -0.2) is 10.2 Å². The zero-order valence-corrected chi connectivity index (χ0v) is 19.4. The highest BCUT2D eigenvalue weighted by atomic mass is 16.5. The Hall–Kier alpha value is -4.65. The number of hydrazone groups is 1. The summed E-state index contributed by atoms with van der Waals surface area (Å²) < 4.78 is 16.3. The number of nitrogens with one attached hydrogen (secondary N) is 1. The molecule has 35 heavy (non-hydrogen) atoms. The molecule has 4 aromatic carbocycles. The van der Waals surface area contributed by atoms with Crippen molar-refractivity contribution in [1.82, 2.24) is 5.43 Å². The van der Waals surface area contributed by atoms with Gasteiger partial charge in [0.05, 0.1) is 18.9 Å². The molecule has 0 aliphatic rings. The lowest BCUT2D eigenvalue weighted by Gasteiger charge is -2.11. The molecular formula is C28H24N2O5. The molecule has 4 rings (SSSR count). The minimum atomic E-state index is -0.476. The van der Waals surface area contributed by atoms with Gasteiger partial charge in [0.25, 0.3) is 5.91 Å². The number of esters is 1. The van der Waals surface area contributed by atoms with Crippen LogP contribution in [0.4, 0.5) is 0 Å². The lowest BCUT2D eigenvalue weighted by molar-refractivity contribution is -0.123. The van der Waals surface area contributed by atoms with E-state index in [1.807, 2.05) is 43.3 Å². The standard InChI is InChI=1S/C28H24N2O5/c1-19-6-5-8-21(16-19)28(32)35-26-15-10-20-7-3-4-9-24(20)25(26)17-29-30-27(31)18-34-23-13-11-22(33-2)12-14-23/h3-17H,18H2,1-2H3,(H,30,31). The summed E-state index contributed by atoms with van der Waals surface area (Å²) in [7, 11) is 1.58. The van der Waals surface area contributed by atoms with Crippen molar-refractivity contribution in [2.45, 2.75) is 6.92 Å². The third-order valence-corrected chi connectivity index (χ3v) is 5.20. The van der Waals surface area contributed by atoms with Gasteiger partial charge < -0.3 is 14.2 Å². The van der Waals surface area contributed by atoms with E-state index in [9.17, 15) is 9.59 Å². The summed E-state index contributed by atoms with van der Waals surface area (Å²) in [5.74, 6) is 0.651. The molecule has 0 heterocycles. The van der Waals surface area contributed by atoms with Crippen LogP contribution in [-0.2, 0) is 4.79 Å². The SMILES string of the molecule is COc1ccc(OCC(=O)NN=Cc2c(OC(=O)c3cccc(C)c3)ccc3ccccc23)cc1. The van der Waals surface area contributed by atoms with Crippen molar-refractivity contribution in [3.05, 3.63) is 102 Å². The van der Waals surface area contributed by atoms with Crippen LogP contribution >= 0.6 is 0 Å². The Balaban J connectivity index is 1.48.